The summed E-state index contributed by atoms with van der Waals surface area (Å²) >= 11 is 0. The lowest BCUT2D eigenvalue weighted by molar-refractivity contribution is 0.102. The van der Waals surface area contributed by atoms with Gasteiger partial charge in [0.2, 0.25) is 0 Å². The number of carbonyl (C=O) groups is 1. The molecule has 0 aliphatic rings. The average Bonchev–Trinajstić information content (AvgIpc) is 3.03. The van der Waals surface area contributed by atoms with Crippen molar-refractivity contribution in [2.75, 3.05) is 5.32 Å². The number of amides is 1. The van der Waals surface area contributed by atoms with E-state index < -0.39 is 0 Å². The van der Waals surface area contributed by atoms with Crippen LogP contribution in [-0.2, 0) is 0 Å². The fourth-order valence-corrected chi connectivity index (χ4v) is 1.81. The molecule has 0 aromatic carbocycles. The second-order valence-electron chi connectivity index (χ2n) is 4.52. The van der Waals surface area contributed by atoms with Crippen LogP contribution >= 0.6 is 0 Å². The molecule has 0 fully saturated rings. The first-order chi connectivity index (χ1) is 10.2. The standard InChI is InChI=1S/C15H13N5O/c1-11-2-3-12(8-17-11)15(21)19-13-4-5-14(18-9-13)20-7-6-16-10-20/h2-10H,1H3,(H,19,21). The fraction of sp³-hybridized carbons (Fsp3) is 0.0667. The van der Waals surface area contributed by atoms with Gasteiger partial charge in [-0.1, -0.05) is 0 Å². The first kappa shape index (κ1) is 13.0. The summed E-state index contributed by atoms with van der Waals surface area (Å²) in [5.74, 6) is 0.530. The van der Waals surface area contributed by atoms with Crippen molar-refractivity contribution >= 4 is 11.6 Å². The van der Waals surface area contributed by atoms with Crippen molar-refractivity contribution < 1.29 is 4.79 Å². The Morgan fingerprint density at radius 1 is 1.14 bits per heavy atom. The second-order valence-corrected chi connectivity index (χ2v) is 4.52. The lowest BCUT2D eigenvalue weighted by Crippen LogP contribution is -2.12. The second kappa shape index (κ2) is 5.54. The number of nitrogens with zero attached hydrogens (tertiary/aromatic N) is 4. The van der Waals surface area contributed by atoms with Crippen molar-refractivity contribution in [3.8, 4) is 5.82 Å². The van der Waals surface area contributed by atoms with Crippen molar-refractivity contribution in [3.63, 3.8) is 0 Å². The van der Waals surface area contributed by atoms with Crippen LogP contribution in [0.2, 0.25) is 0 Å². The highest BCUT2D eigenvalue weighted by molar-refractivity contribution is 6.03. The summed E-state index contributed by atoms with van der Waals surface area (Å²) in [6.45, 7) is 1.88. The van der Waals surface area contributed by atoms with E-state index in [0.29, 0.717) is 11.3 Å². The van der Waals surface area contributed by atoms with E-state index in [4.69, 9.17) is 0 Å². The summed E-state index contributed by atoms with van der Waals surface area (Å²) in [4.78, 5) is 24.4. The van der Waals surface area contributed by atoms with Crippen molar-refractivity contribution in [3.05, 3.63) is 66.6 Å². The molecule has 104 valence electrons. The molecule has 3 aromatic heterocycles. The minimum Gasteiger partial charge on any atom is -0.321 e. The summed E-state index contributed by atoms with van der Waals surface area (Å²) in [7, 11) is 0. The zero-order valence-electron chi connectivity index (χ0n) is 11.4. The zero-order valence-corrected chi connectivity index (χ0v) is 11.4. The Labute approximate surface area is 121 Å². The Hall–Kier alpha value is -3.02. The van der Waals surface area contributed by atoms with Gasteiger partial charge >= 0.3 is 0 Å². The topological polar surface area (TPSA) is 72.7 Å². The van der Waals surface area contributed by atoms with Crippen LogP contribution in [0, 0.1) is 6.92 Å². The van der Waals surface area contributed by atoms with Crippen LogP contribution in [0.25, 0.3) is 5.82 Å². The maximum atomic E-state index is 12.0. The molecule has 1 N–H and O–H groups in total. The highest BCUT2D eigenvalue weighted by atomic mass is 16.1. The van der Waals surface area contributed by atoms with Crippen molar-refractivity contribution in [1.29, 1.82) is 0 Å². The maximum absolute atomic E-state index is 12.0. The van der Waals surface area contributed by atoms with Crippen molar-refractivity contribution in [1.82, 2.24) is 19.5 Å². The van der Waals surface area contributed by atoms with Crippen molar-refractivity contribution in [2.24, 2.45) is 0 Å². The number of anilines is 1. The Morgan fingerprint density at radius 2 is 2.05 bits per heavy atom. The Balaban J connectivity index is 1.73. The summed E-state index contributed by atoms with van der Waals surface area (Å²) in [6.07, 6.45) is 8.31. The van der Waals surface area contributed by atoms with Crippen LogP contribution in [0.15, 0.2) is 55.4 Å². The maximum Gasteiger partial charge on any atom is 0.257 e. The number of rotatable bonds is 3. The molecule has 0 saturated heterocycles. The van der Waals surface area contributed by atoms with Gasteiger partial charge in [0.05, 0.1) is 17.4 Å². The molecule has 1 amide bonds. The zero-order chi connectivity index (χ0) is 14.7. The molecule has 21 heavy (non-hydrogen) atoms. The third-order valence-corrected chi connectivity index (χ3v) is 2.95. The van der Waals surface area contributed by atoms with Crippen LogP contribution in [-0.4, -0.2) is 25.4 Å². The molecule has 0 atom stereocenters. The monoisotopic (exact) mass is 279 g/mol. The molecule has 0 unspecified atom stereocenters. The largest absolute Gasteiger partial charge is 0.321 e. The minimum absolute atomic E-state index is 0.209. The van der Waals surface area contributed by atoms with E-state index >= 15 is 0 Å². The van der Waals surface area contributed by atoms with Gasteiger partial charge < -0.3 is 5.32 Å². The quantitative estimate of drug-likeness (QED) is 0.798. The number of pyridine rings is 2. The average molecular weight is 279 g/mol. The lowest BCUT2D eigenvalue weighted by atomic mass is 10.2. The number of aryl methyl sites for hydroxylation is 1. The Morgan fingerprint density at radius 3 is 2.67 bits per heavy atom. The number of aromatic nitrogens is 4. The SMILES string of the molecule is Cc1ccc(C(=O)Nc2ccc(-n3ccnc3)nc2)cn1. The first-order valence-electron chi connectivity index (χ1n) is 6.41. The van der Waals surface area contributed by atoms with Gasteiger partial charge in [-0.15, -0.1) is 0 Å². The number of hydrogen-bond acceptors (Lipinski definition) is 4. The van der Waals surface area contributed by atoms with E-state index in [1.165, 1.54) is 0 Å². The molecule has 0 radical (unpaired) electrons. The number of hydrogen-bond donors (Lipinski definition) is 1. The van der Waals surface area contributed by atoms with Gasteiger partial charge in [-0.2, -0.15) is 0 Å². The van der Waals surface area contributed by atoms with Gasteiger partial charge in [-0.3, -0.25) is 14.3 Å². The summed E-state index contributed by atoms with van der Waals surface area (Å²) < 4.78 is 1.79. The highest BCUT2D eigenvalue weighted by Crippen LogP contribution is 2.11. The predicted octanol–water partition coefficient (Wildman–Crippen LogP) is 2.22. The van der Waals surface area contributed by atoms with Crippen LogP contribution in [0.4, 0.5) is 5.69 Å². The molecule has 3 aromatic rings. The fourth-order valence-electron chi connectivity index (χ4n) is 1.81. The third-order valence-electron chi connectivity index (χ3n) is 2.95. The van der Waals surface area contributed by atoms with Crippen molar-refractivity contribution in [2.45, 2.75) is 6.92 Å². The van der Waals surface area contributed by atoms with E-state index in [-0.39, 0.29) is 5.91 Å². The summed E-state index contributed by atoms with van der Waals surface area (Å²) in [5.41, 5.74) is 2.02. The lowest BCUT2D eigenvalue weighted by Gasteiger charge is -2.06. The molecule has 0 bridgehead atoms. The van der Waals surface area contributed by atoms with E-state index in [0.717, 1.165) is 11.5 Å². The number of nitrogens with one attached hydrogen (secondary N) is 1. The highest BCUT2D eigenvalue weighted by Gasteiger charge is 2.06. The normalized spacial score (nSPS) is 10.3. The molecular formula is C15H13N5O. The van der Waals surface area contributed by atoms with E-state index in [9.17, 15) is 4.79 Å². The Bertz CT molecular complexity index is 733. The van der Waals surface area contributed by atoms with Crippen LogP contribution in [0.5, 0.6) is 0 Å². The van der Waals surface area contributed by atoms with Gasteiger partial charge in [0, 0.05) is 24.3 Å². The minimum atomic E-state index is -0.209. The molecule has 3 rings (SSSR count). The summed E-state index contributed by atoms with van der Waals surface area (Å²) in [5, 5.41) is 2.78. The van der Waals surface area contributed by atoms with Gasteiger partial charge in [0.15, 0.2) is 0 Å². The predicted molar refractivity (Wildman–Crippen MR) is 78.3 cm³/mol. The van der Waals surface area contributed by atoms with Gasteiger partial charge in [-0.05, 0) is 31.2 Å². The smallest absolute Gasteiger partial charge is 0.257 e. The number of imidazole rings is 1. The summed E-state index contributed by atoms with van der Waals surface area (Å²) in [6, 6.07) is 7.15. The molecule has 0 aliphatic heterocycles. The third kappa shape index (κ3) is 2.94. The van der Waals surface area contributed by atoms with Gasteiger partial charge in [0.25, 0.3) is 5.91 Å². The van der Waals surface area contributed by atoms with E-state index in [1.54, 1.807) is 53.9 Å². The molecular weight excluding hydrogens is 266 g/mol. The van der Waals surface area contributed by atoms with Crippen LogP contribution in [0.1, 0.15) is 16.1 Å². The number of carbonyl (C=O) groups excluding carboxylic acids is 1. The van der Waals surface area contributed by atoms with E-state index in [2.05, 4.69) is 20.3 Å². The molecule has 0 saturated carbocycles. The molecule has 3 heterocycles. The van der Waals surface area contributed by atoms with E-state index in [1.807, 2.05) is 13.0 Å². The molecule has 6 nitrogen and oxygen atoms in total. The molecule has 0 spiro atoms. The van der Waals surface area contributed by atoms with Crippen LogP contribution < -0.4 is 5.32 Å². The van der Waals surface area contributed by atoms with Crippen LogP contribution in [0.3, 0.4) is 0 Å². The van der Waals surface area contributed by atoms with Gasteiger partial charge in [-0.25, -0.2) is 9.97 Å². The first-order valence-corrected chi connectivity index (χ1v) is 6.41. The molecule has 6 heteroatoms. The Kier molecular flexibility index (Phi) is 3.42. The molecule has 0 aliphatic carbocycles. The van der Waals surface area contributed by atoms with Gasteiger partial charge in [0.1, 0.15) is 12.1 Å².